The van der Waals surface area contributed by atoms with Gasteiger partial charge in [0, 0.05) is 24.9 Å². The van der Waals surface area contributed by atoms with E-state index in [1.165, 1.54) is 11.1 Å². The van der Waals surface area contributed by atoms with Crippen LogP contribution in [0.1, 0.15) is 39.9 Å². The molecule has 120 valence electrons. The molecule has 0 aliphatic heterocycles. The molecular weight excluding hydrogens is 286 g/mol. The van der Waals surface area contributed by atoms with Crippen LogP contribution in [-0.4, -0.2) is 18.2 Å². The van der Waals surface area contributed by atoms with Gasteiger partial charge in [0.05, 0.1) is 0 Å². The van der Waals surface area contributed by atoms with E-state index in [1.54, 1.807) is 0 Å². The van der Waals surface area contributed by atoms with E-state index in [1.807, 2.05) is 37.3 Å². The first-order valence-electron chi connectivity index (χ1n) is 7.97. The number of rotatable bonds is 7. The molecule has 0 saturated heterocycles. The lowest BCUT2D eigenvalue weighted by atomic mass is 10.0. The Bertz CT molecular complexity index is 692. The van der Waals surface area contributed by atoms with Crippen LogP contribution in [0.15, 0.2) is 48.5 Å². The molecule has 3 nitrogen and oxygen atoms in total. The van der Waals surface area contributed by atoms with Crippen molar-refractivity contribution < 1.29 is 9.59 Å². The van der Waals surface area contributed by atoms with Crippen LogP contribution in [-0.2, 0) is 11.2 Å². The maximum absolute atomic E-state index is 12.1. The Morgan fingerprint density at radius 3 is 2.48 bits per heavy atom. The summed E-state index contributed by atoms with van der Waals surface area (Å²) in [6.45, 7) is 4.56. The van der Waals surface area contributed by atoms with E-state index in [0.717, 1.165) is 12.0 Å². The number of carbonyl (C=O) groups is 2. The Kier molecular flexibility index (Phi) is 6.10. The number of Topliss-reactive ketones (excluding diaryl/α,β-unsaturated/α-hetero) is 1. The van der Waals surface area contributed by atoms with Gasteiger partial charge in [-0.05, 0) is 31.4 Å². The van der Waals surface area contributed by atoms with Gasteiger partial charge >= 0.3 is 0 Å². The Morgan fingerprint density at radius 2 is 1.74 bits per heavy atom. The largest absolute Gasteiger partial charge is 0.356 e. The predicted octanol–water partition coefficient (Wildman–Crippen LogP) is 3.63. The highest BCUT2D eigenvalue weighted by Gasteiger charge is 2.10. The summed E-state index contributed by atoms with van der Waals surface area (Å²) < 4.78 is 0. The van der Waals surface area contributed by atoms with E-state index in [0.29, 0.717) is 12.1 Å². The van der Waals surface area contributed by atoms with Crippen molar-refractivity contribution in [2.45, 2.75) is 33.1 Å². The highest BCUT2D eigenvalue weighted by molar-refractivity contribution is 5.99. The molecule has 0 unspecified atom stereocenters. The number of ketones is 1. The fraction of sp³-hybridized carbons (Fsp3) is 0.300. The van der Waals surface area contributed by atoms with Crippen LogP contribution in [0.25, 0.3) is 0 Å². The zero-order valence-corrected chi connectivity index (χ0v) is 13.8. The summed E-state index contributed by atoms with van der Waals surface area (Å²) >= 11 is 0. The van der Waals surface area contributed by atoms with Gasteiger partial charge in [0.25, 0.3) is 0 Å². The molecule has 0 atom stereocenters. The van der Waals surface area contributed by atoms with E-state index in [9.17, 15) is 9.59 Å². The van der Waals surface area contributed by atoms with Crippen LogP contribution >= 0.6 is 0 Å². The Morgan fingerprint density at radius 1 is 0.957 bits per heavy atom. The Balaban J connectivity index is 1.73. The van der Waals surface area contributed by atoms with Crippen LogP contribution < -0.4 is 5.32 Å². The standard InChI is InChI=1S/C20H23NO2/c1-15-6-5-8-17(14-15)12-13-21-20(23)11-10-19(22)18-9-4-3-7-16(18)2/h3-9,14H,10-13H2,1-2H3,(H,21,23). The minimum atomic E-state index is -0.0698. The molecule has 0 fully saturated rings. The number of aryl methyl sites for hydroxylation is 2. The fourth-order valence-electron chi connectivity index (χ4n) is 2.55. The van der Waals surface area contributed by atoms with E-state index >= 15 is 0 Å². The van der Waals surface area contributed by atoms with Crippen molar-refractivity contribution in [3.63, 3.8) is 0 Å². The third-order valence-corrected chi connectivity index (χ3v) is 3.84. The van der Waals surface area contributed by atoms with Crippen LogP contribution in [0.4, 0.5) is 0 Å². The van der Waals surface area contributed by atoms with Crippen molar-refractivity contribution >= 4 is 11.7 Å². The number of hydrogen-bond acceptors (Lipinski definition) is 2. The molecule has 1 N–H and O–H groups in total. The highest BCUT2D eigenvalue weighted by atomic mass is 16.2. The van der Waals surface area contributed by atoms with Crippen molar-refractivity contribution in [2.75, 3.05) is 6.54 Å². The molecule has 2 rings (SSSR count). The molecule has 0 spiro atoms. The van der Waals surface area contributed by atoms with Gasteiger partial charge in [0.2, 0.25) is 5.91 Å². The summed E-state index contributed by atoms with van der Waals surface area (Å²) in [5.74, 6) is -0.0449. The normalized spacial score (nSPS) is 10.3. The van der Waals surface area contributed by atoms with Gasteiger partial charge in [-0.15, -0.1) is 0 Å². The Labute approximate surface area is 137 Å². The van der Waals surface area contributed by atoms with Crippen molar-refractivity contribution in [3.8, 4) is 0 Å². The third kappa shape index (κ3) is 5.37. The second-order valence-corrected chi connectivity index (χ2v) is 5.83. The molecular formula is C20H23NO2. The smallest absolute Gasteiger partial charge is 0.220 e. The molecule has 1 amide bonds. The minimum Gasteiger partial charge on any atom is -0.356 e. The summed E-state index contributed by atoms with van der Waals surface area (Å²) in [6.07, 6.45) is 1.29. The first-order valence-corrected chi connectivity index (χ1v) is 7.97. The SMILES string of the molecule is Cc1cccc(CCNC(=O)CCC(=O)c2ccccc2C)c1. The molecule has 0 aliphatic rings. The van der Waals surface area contributed by atoms with E-state index in [2.05, 4.69) is 30.4 Å². The number of amides is 1. The van der Waals surface area contributed by atoms with Crippen molar-refractivity contribution in [1.29, 1.82) is 0 Å². The van der Waals surface area contributed by atoms with Gasteiger partial charge in [0.15, 0.2) is 5.78 Å². The first-order chi connectivity index (χ1) is 11.1. The summed E-state index contributed by atoms with van der Waals surface area (Å²) in [7, 11) is 0. The van der Waals surface area contributed by atoms with Crippen LogP contribution in [0, 0.1) is 13.8 Å². The summed E-state index contributed by atoms with van der Waals surface area (Å²) in [6, 6.07) is 15.7. The van der Waals surface area contributed by atoms with E-state index in [4.69, 9.17) is 0 Å². The number of nitrogens with one attached hydrogen (secondary N) is 1. The number of carbonyl (C=O) groups excluding carboxylic acids is 2. The molecule has 0 radical (unpaired) electrons. The first kappa shape index (κ1) is 16.9. The lowest BCUT2D eigenvalue weighted by molar-refractivity contribution is -0.121. The monoisotopic (exact) mass is 309 g/mol. The molecule has 0 bridgehead atoms. The molecule has 2 aromatic rings. The van der Waals surface area contributed by atoms with Crippen LogP contribution in [0.3, 0.4) is 0 Å². The fourth-order valence-corrected chi connectivity index (χ4v) is 2.55. The van der Waals surface area contributed by atoms with Crippen LogP contribution in [0.5, 0.6) is 0 Å². The second kappa shape index (κ2) is 8.28. The van der Waals surface area contributed by atoms with Gasteiger partial charge in [-0.1, -0.05) is 54.1 Å². The third-order valence-electron chi connectivity index (χ3n) is 3.84. The second-order valence-electron chi connectivity index (χ2n) is 5.83. The summed E-state index contributed by atoms with van der Waals surface area (Å²) in [5, 5.41) is 2.88. The van der Waals surface area contributed by atoms with E-state index in [-0.39, 0.29) is 24.5 Å². The van der Waals surface area contributed by atoms with Gasteiger partial charge in [-0.25, -0.2) is 0 Å². The van der Waals surface area contributed by atoms with Crippen molar-refractivity contribution in [1.82, 2.24) is 5.32 Å². The van der Waals surface area contributed by atoms with Crippen LogP contribution in [0.2, 0.25) is 0 Å². The van der Waals surface area contributed by atoms with E-state index < -0.39 is 0 Å². The lowest BCUT2D eigenvalue weighted by Gasteiger charge is -2.07. The molecule has 0 aliphatic carbocycles. The Hall–Kier alpha value is -2.42. The quantitative estimate of drug-likeness (QED) is 0.794. The minimum absolute atomic E-state index is 0.0249. The van der Waals surface area contributed by atoms with Gasteiger partial charge in [-0.3, -0.25) is 9.59 Å². The van der Waals surface area contributed by atoms with Gasteiger partial charge < -0.3 is 5.32 Å². The maximum Gasteiger partial charge on any atom is 0.220 e. The number of hydrogen-bond donors (Lipinski definition) is 1. The molecule has 3 heteroatoms. The highest BCUT2D eigenvalue weighted by Crippen LogP contribution is 2.11. The van der Waals surface area contributed by atoms with Crippen molar-refractivity contribution in [3.05, 3.63) is 70.8 Å². The topological polar surface area (TPSA) is 46.2 Å². The van der Waals surface area contributed by atoms with Gasteiger partial charge in [-0.2, -0.15) is 0 Å². The average molecular weight is 309 g/mol. The molecule has 0 saturated carbocycles. The molecule has 0 aromatic heterocycles. The molecule has 23 heavy (non-hydrogen) atoms. The summed E-state index contributed by atoms with van der Waals surface area (Å²) in [5.41, 5.74) is 4.09. The zero-order chi connectivity index (χ0) is 16.7. The lowest BCUT2D eigenvalue weighted by Crippen LogP contribution is -2.26. The number of benzene rings is 2. The van der Waals surface area contributed by atoms with Gasteiger partial charge in [0.1, 0.15) is 0 Å². The predicted molar refractivity (Wildman–Crippen MR) is 92.6 cm³/mol. The van der Waals surface area contributed by atoms with Crippen molar-refractivity contribution in [2.24, 2.45) is 0 Å². The molecule has 0 heterocycles. The summed E-state index contributed by atoms with van der Waals surface area (Å²) in [4.78, 5) is 24.0. The zero-order valence-electron chi connectivity index (χ0n) is 13.8. The average Bonchev–Trinajstić information content (AvgIpc) is 2.53. The molecule has 2 aromatic carbocycles. The maximum atomic E-state index is 12.1.